The van der Waals surface area contributed by atoms with Gasteiger partial charge in [0.2, 0.25) is 10.0 Å². The average Bonchev–Trinajstić information content (AvgIpc) is 2.14. The van der Waals surface area contributed by atoms with E-state index in [1.807, 2.05) is 27.7 Å². The van der Waals surface area contributed by atoms with Crippen LogP contribution in [0.25, 0.3) is 0 Å². The molecule has 5 nitrogen and oxygen atoms in total. The maximum atomic E-state index is 11.5. The minimum absolute atomic E-state index is 0.00810. The van der Waals surface area contributed by atoms with Gasteiger partial charge in [-0.25, -0.2) is 13.1 Å². The Hall–Kier alpha value is -0.170. The van der Waals surface area contributed by atoms with Gasteiger partial charge in [0.1, 0.15) is 0 Å². The third-order valence-corrected chi connectivity index (χ3v) is 3.41. The summed E-state index contributed by atoms with van der Waals surface area (Å²) in [6, 6.07) is 0. The predicted molar refractivity (Wildman–Crippen MR) is 65.7 cm³/mol. The highest BCUT2D eigenvalue weighted by molar-refractivity contribution is 7.89. The second-order valence-electron chi connectivity index (χ2n) is 4.93. The van der Waals surface area contributed by atoms with Crippen LogP contribution < -0.4 is 10.5 Å². The molecule has 0 aliphatic heterocycles. The lowest BCUT2D eigenvalue weighted by Crippen LogP contribution is -2.40. The van der Waals surface area contributed by atoms with Crippen molar-refractivity contribution >= 4 is 10.0 Å². The molecule has 0 saturated carbocycles. The van der Waals surface area contributed by atoms with Crippen LogP contribution in [0, 0.1) is 5.41 Å². The summed E-state index contributed by atoms with van der Waals surface area (Å²) in [6.07, 6.45) is 0.0516. The van der Waals surface area contributed by atoms with Crippen LogP contribution in [0.2, 0.25) is 0 Å². The van der Waals surface area contributed by atoms with Crippen molar-refractivity contribution in [3.8, 4) is 0 Å². The zero-order chi connectivity index (χ0) is 12.8. The van der Waals surface area contributed by atoms with E-state index in [2.05, 4.69) is 4.72 Å². The fraction of sp³-hybridized carbons (Fsp3) is 1.00. The van der Waals surface area contributed by atoms with E-state index in [4.69, 9.17) is 10.5 Å². The molecule has 0 heterocycles. The van der Waals surface area contributed by atoms with Crippen molar-refractivity contribution in [2.45, 2.75) is 33.8 Å². The second-order valence-corrected chi connectivity index (χ2v) is 6.85. The highest BCUT2D eigenvalue weighted by Gasteiger charge is 2.19. The van der Waals surface area contributed by atoms with Crippen molar-refractivity contribution in [3.63, 3.8) is 0 Å². The van der Waals surface area contributed by atoms with Crippen LogP contribution >= 0.6 is 0 Å². The number of nitrogens with one attached hydrogen (secondary N) is 1. The van der Waals surface area contributed by atoms with E-state index in [0.29, 0.717) is 13.1 Å². The summed E-state index contributed by atoms with van der Waals surface area (Å²) < 4.78 is 30.8. The molecule has 0 aliphatic rings. The van der Waals surface area contributed by atoms with Gasteiger partial charge in [0.15, 0.2) is 0 Å². The van der Waals surface area contributed by atoms with E-state index in [1.165, 1.54) is 0 Å². The van der Waals surface area contributed by atoms with E-state index >= 15 is 0 Å². The van der Waals surface area contributed by atoms with Gasteiger partial charge in [0.25, 0.3) is 0 Å². The summed E-state index contributed by atoms with van der Waals surface area (Å²) in [5.74, 6) is -0.00810. The van der Waals surface area contributed by atoms with Gasteiger partial charge in [-0.2, -0.15) is 0 Å². The lowest BCUT2D eigenvalue weighted by molar-refractivity contribution is 0.0911. The normalized spacial score (nSPS) is 13.4. The topological polar surface area (TPSA) is 81.4 Å². The van der Waals surface area contributed by atoms with Gasteiger partial charge < -0.3 is 10.5 Å². The summed E-state index contributed by atoms with van der Waals surface area (Å²) in [5, 5.41) is 0. The van der Waals surface area contributed by atoms with Gasteiger partial charge in [-0.3, -0.25) is 0 Å². The van der Waals surface area contributed by atoms with Crippen molar-refractivity contribution in [2.24, 2.45) is 11.1 Å². The smallest absolute Gasteiger partial charge is 0.213 e. The first-order valence-corrected chi connectivity index (χ1v) is 7.13. The average molecular weight is 252 g/mol. The van der Waals surface area contributed by atoms with E-state index in [1.54, 1.807) is 0 Å². The molecular weight excluding hydrogens is 228 g/mol. The largest absolute Gasteiger partial charge is 0.378 e. The van der Waals surface area contributed by atoms with Crippen LogP contribution in [0.3, 0.4) is 0 Å². The molecule has 0 rings (SSSR count). The first-order chi connectivity index (χ1) is 7.18. The number of hydrogen-bond donors (Lipinski definition) is 2. The molecule has 0 aliphatic carbocycles. The Morgan fingerprint density at radius 2 is 1.94 bits per heavy atom. The molecule has 16 heavy (non-hydrogen) atoms. The molecule has 3 N–H and O–H groups in total. The van der Waals surface area contributed by atoms with Crippen molar-refractivity contribution in [1.29, 1.82) is 0 Å². The molecule has 0 unspecified atom stereocenters. The minimum Gasteiger partial charge on any atom is -0.378 e. The minimum atomic E-state index is -3.25. The molecule has 0 atom stereocenters. The number of hydrogen-bond acceptors (Lipinski definition) is 4. The Morgan fingerprint density at radius 3 is 2.38 bits per heavy atom. The predicted octanol–water partition coefficient (Wildman–Crippen LogP) is 0.316. The van der Waals surface area contributed by atoms with Crippen LogP contribution in [0.1, 0.15) is 27.7 Å². The Labute approximate surface area is 98.8 Å². The first-order valence-electron chi connectivity index (χ1n) is 5.47. The number of nitrogens with two attached hydrogens (primary N) is 1. The Morgan fingerprint density at radius 1 is 1.38 bits per heavy atom. The molecule has 0 fully saturated rings. The van der Waals surface area contributed by atoms with Gasteiger partial charge in [-0.15, -0.1) is 0 Å². The zero-order valence-electron chi connectivity index (χ0n) is 10.6. The number of rotatable bonds is 8. The quantitative estimate of drug-likeness (QED) is 0.651. The summed E-state index contributed by atoms with van der Waals surface area (Å²) in [4.78, 5) is 0. The van der Waals surface area contributed by atoms with Crippen molar-refractivity contribution in [1.82, 2.24) is 4.72 Å². The molecule has 0 aromatic rings. The molecule has 0 amide bonds. The molecule has 0 aromatic heterocycles. The molecule has 6 heteroatoms. The Bertz CT molecular complexity index is 286. The second kappa shape index (κ2) is 6.54. The molecule has 0 spiro atoms. The summed E-state index contributed by atoms with van der Waals surface area (Å²) in [5.41, 5.74) is 5.30. The van der Waals surface area contributed by atoms with Gasteiger partial charge >= 0.3 is 0 Å². The van der Waals surface area contributed by atoms with Crippen molar-refractivity contribution < 1.29 is 13.2 Å². The van der Waals surface area contributed by atoms with E-state index in [0.717, 1.165) is 0 Å². The molecule has 0 radical (unpaired) electrons. The molecule has 98 valence electrons. The SMILES string of the molecule is CC(C)OCCS(=O)(=O)NCC(C)(C)CN. The number of ether oxygens (including phenoxy) is 1. The lowest BCUT2D eigenvalue weighted by Gasteiger charge is -2.22. The molecule has 0 aromatic carbocycles. The summed E-state index contributed by atoms with van der Waals surface area (Å²) in [6.45, 7) is 8.59. The van der Waals surface area contributed by atoms with Crippen LogP contribution in [0.15, 0.2) is 0 Å². The molecular formula is C10H24N2O3S. The third-order valence-electron chi connectivity index (χ3n) is 2.13. The molecule has 0 bridgehead atoms. The van der Waals surface area contributed by atoms with Gasteiger partial charge in [0.05, 0.1) is 18.5 Å². The van der Waals surface area contributed by atoms with Crippen LogP contribution in [0.5, 0.6) is 0 Å². The lowest BCUT2D eigenvalue weighted by atomic mass is 9.95. The number of sulfonamides is 1. The maximum absolute atomic E-state index is 11.5. The van der Waals surface area contributed by atoms with E-state index in [9.17, 15) is 8.42 Å². The van der Waals surface area contributed by atoms with Gasteiger partial charge in [-0.1, -0.05) is 13.8 Å². The zero-order valence-corrected chi connectivity index (χ0v) is 11.4. The van der Waals surface area contributed by atoms with Crippen LogP contribution in [0.4, 0.5) is 0 Å². The first kappa shape index (κ1) is 15.8. The summed E-state index contributed by atoms with van der Waals surface area (Å²) in [7, 11) is -3.25. The van der Waals surface area contributed by atoms with Crippen LogP contribution in [-0.2, 0) is 14.8 Å². The monoisotopic (exact) mass is 252 g/mol. The third kappa shape index (κ3) is 8.04. The fourth-order valence-electron chi connectivity index (χ4n) is 0.843. The molecule has 0 saturated heterocycles. The standard InChI is InChI=1S/C10H24N2O3S/c1-9(2)15-5-6-16(13,14)12-8-10(3,4)7-11/h9,12H,5-8,11H2,1-4H3. The maximum Gasteiger partial charge on any atom is 0.213 e. The van der Waals surface area contributed by atoms with Crippen molar-refractivity contribution in [3.05, 3.63) is 0 Å². The Balaban J connectivity index is 3.97. The van der Waals surface area contributed by atoms with Crippen LogP contribution in [-0.4, -0.2) is 40.0 Å². The van der Waals surface area contributed by atoms with Gasteiger partial charge in [0, 0.05) is 6.54 Å². The fourth-order valence-corrected chi connectivity index (χ4v) is 1.91. The van der Waals surface area contributed by atoms with Gasteiger partial charge in [-0.05, 0) is 25.8 Å². The highest BCUT2D eigenvalue weighted by atomic mass is 32.2. The Kier molecular flexibility index (Phi) is 6.47. The summed E-state index contributed by atoms with van der Waals surface area (Å²) >= 11 is 0. The van der Waals surface area contributed by atoms with E-state index in [-0.39, 0.29) is 23.9 Å². The van der Waals surface area contributed by atoms with E-state index < -0.39 is 10.0 Å². The van der Waals surface area contributed by atoms with Crippen molar-refractivity contribution in [2.75, 3.05) is 25.4 Å². The highest BCUT2D eigenvalue weighted by Crippen LogP contribution is 2.10.